The fraction of sp³-hybridized carbons (Fsp3) is 0.522. The molecule has 0 aromatic carbocycles. The topological polar surface area (TPSA) is 114 Å². The molecule has 0 aliphatic heterocycles. The summed E-state index contributed by atoms with van der Waals surface area (Å²) in [5, 5.41) is 9.40. The van der Waals surface area contributed by atoms with Gasteiger partial charge in [-0.3, -0.25) is 19.0 Å². The Hall–Kier alpha value is -2.12. The number of halogens is 3. The van der Waals surface area contributed by atoms with Gasteiger partial charge in [0.05, 0.1) is 27.6 Å². The molecule has 0 spiro atoms. The van der Waals surface area contributed by atoms with Crippen LogP contribution in [0.4, 0.5) is 0 Å². The molecule has 13 heteroatoms. The maximum Gasteiger partial charge on any atom is 0.328 e. The van der Waals surface area contributed by atoms with Crippen molar-refractivity contribution in [2.24, 2.45) is 0 Å². The van der Waals surface area contributed by atoms with Crippen LogP contribution in [0.25, 0.3) is 11.6 Å². The van der Waals surface area contributed by atoms with E-state index in [4.69, 9.17) is 37.1 Å². The molecule has 0 atom stereocenters. The molecule has 0 saturated carbocycles. The first-order valence-corrected chi connectivity index (χ1v) is 12.8. The number of oxazole rings is 1. The van der Waals surface area contributed by atoms with Gasteiger partial charge >= 0.3 is 11.9 Å². The van der Waals surface area contributed by atoms with Gasteiger partial charge in [-0.2, -0.15) is 10.2 Å². The molecule has 0 radical (unpaired) electrons. The minimum Gasteiger partial charge on any atom is -0.459 e. The molecule has 0 saturated heterocycles. The Morgan fingerprint density at radius 3 is 1.78 bits per heavy atom. The van der Waals surface area contributed by atoms with Crippen LogP contribution in [0.5, 0.6) is 0 Å². The van der Waals surface area contributed by atoms with Crippen LogP contribution in [-0.4, -0.2) is 47.7 Å². The number of hydrogen-bond donors (Lipinski definition) is 0. The molecule has 10 nitrogen and oxygen atoms in total. The van der Waals surface area contributed by atoms with Crippen molar-refractivity contribution in [2.75, 3.05) is 0 Å². The van der Waals surface area contributed by atoms with E-state index in [1.807, 2.05) is 71.1 Å². The number of ether oxygens (including phenoxy) is 2. The number of hydrogen-bond acceptors (Lipinski definition) is 8. The van der Waals surface area contributed by atoms with E-state index in [0.29, 0.717) is 31.0 Å². The standard InChI is InChI=1S/C13H16ClN3O3.C10H14ClIN2O2/c1-8-10(14)11(12-15-5-6-19-12)16-17(8)7-9(18)20-13(2,3)4;1-6-8(11)9(12)13-14(6)5-7(15)16-10(2,3)4/h5-6H,7H2,1-4H3;5H2,1-4H3. The highest BCUT2D eigenvalue weighted by Crippen LogP contribution is 2.28. The van der Waals surface area contributed by atoms with Crippen molar-refractivity contribution < 1.29 is 23.5 Å². The highest BCUT2D eigenvalue weighted by Gasteiger charge is 2.22. The largest absolute Gasteiger partial charge is 0.459 e. The summed E-state index contributed by atoms with van der Waals surface area (Å²) in [5.41, 5.74) is 0.836. The second kappa shape index (κ2) is 12.0. The van der Waals surface area contributed by atoms with E-state index in [-0.39, 0.29) is 25.0 Å². The van der Waals surface area contributed by atoms with Crippen LogP contribution >= 0.6 is 45.8 Å². The number of rotatable bonds is 5. The molecule has 0 bridgehead atoms. The Kier molecular flexibility index (Phi) is 9.99. The minimum absolute atomic E-state index is 0.0104. The first-order valence-electron chi connectivity index (χ1n) is 10.9. The molecule has 0 unspecified atom stereocenters. The first kappa shape index (κ1) is 30.1. The monoisotopic (exact) mass is 653 g/mol. The maximum absolute atomic E-state index is 11.8. The molecule has 0 aliphatic rings. The van der Waals surface area contributed by atoms with Crippen LogP contribution in [0.1, 0.15) is 52.9 Å². The van der Waals surface area contributed by atoms with Gasteiger partial charge in [0, 0.05) is 0 Å². The van der Waals surface area contributed by atoms with E-state index in [1.165, 1.54) is 17.1 Å². The zero-order valence-electron chi connectivity index (χ0n) is 21.5. The molecular formula is C23H30Cl2IN5O5. The predicted molar refractivity (Wildman–Crippen MR) is 144 cm³/mol. The first-order chi connectivity index (χ1) is 16.5. The van der Waals surface area contributed by atoms with E-state index >= 15 is 0 Å². The van der Waals surface area contributed by atoms with Gasteiger partial charge in [0.1, 0.15) is 34.3 Å². The summed E-state index contributed by atoms with van der Waals surface area (Å²) in [6.07, 6.45) is 2.95. The lowest BCUT2D eigenvalue weighted by atomic mass is 10.2. The van der Waals surface area contributed by atoms with Crippen molar-refractivity contribution in [1.29, 1.82) is 0 Å². The van der Waals surface area contributed by atoms with Gasteiger partial charge in [-0.05, 0) is 78.0 Å². The van der Waals surface area contributed by atoms with Crippen molar-refractivity contribution >= 4 is 57.7 Å². The number of esters is 2. The third-order valence-electron chi connectivity index (χ3n) is 4.26. The summed E-state index contributed by atoms with van der Waals surface area (Å²) in [4.78, 5) is 27.4. The molecule has 0 fully saturated rings. The van der Waals surface area contributed by atoms with E-state index in [0.717, 1.165) is 5.69 Å². The summed E-state index contributed by atoms with van der Waals surface area (Å²) in [6, 6.07) is 0. The second-order valence-corrected chi connectivity index (χ2v) is 11.5. The van der Waals surface area contributed by atoms with Gasteiger partial charge in [0.15, 0.2) is 5.69 Å². The SMILES string of the molecule is Cc1c(Cl)c(-c2ncco2)nn1CC(=O)OC(C)(C)C.Cc1c(Cl)c(I)nn1CC(=O)OC(C)(C)C. The molecule has 0 N–H and O–H groups in total. The van der Waals surface area contributed by atoms with Gasteiger partial charge in [0.25, 0.3) is 0 Å². The van der Waals surface area contributed by atoms with Crippen LogP contribution in [0.15, 0.2) is 16.9 Å². The highest BCUT2D eigenvalue weighted by atomic mass is 127. The lowest BCUT2D eigenvalue weighted by Gasteiger charge is -2.19. The molecule has 0 aliphatic carbocycles. The van der Waals surface area contributed by atoms with Crippen LogP contribution in [0.2, 0.25) is 10.0 Å². The summed E-state index contributed by atoms with van der Waals surface area (Å²) in [6.45, 7) is 14.6. The molecule has 3 rings (SSSR count). The van der Waals surface area contributed by atoms with Crippen LogP contribution in [0, 0.1) is 17.5 Å². The molecule has 3 heterocycles. The summed E-state index contributed by atoms with van der Waals surface area (Å²) in [5.74, 6) is -0.370. The van der Waals surface area contributed by atoms with Gasteiger partial charge in [-0.25, -0.2) is 4.98 Å². The van der Waals surface area contributed by atoms with Crippen molar-refractivity contribution in [2.45, 2.75) is 79.7 Å². The van der Waals surface area contributed by atoms with E-state index in [1.54, 1.807) is 11.6 Å². The average molecular weight is 654 g/mol. The zero-order valence-corrected chi connectivity index (χ0v) is 25.1. The average Bonchev–Trinajstić information content (AvgIpc) is 3.39. The third kappa shape index (κ3) is 8.77. The molecule has 3 aromatic heterocycles. The van der Waals surface area contributed by atoms with Crippen molar-refractivity contribution in [1.82, 2.24) is 24.5 Å². The summed E-state index contributed by atoms with van der Waals surface area (Å²) >= 11 is 14.2. The van der Waals surface area contributed by atoms with Crippen molar-refractivity contribution in [3.63, 3.8) is 0 Å². The summed E-state index contributed by atoms with van der Waals surface area (Å²) in [7, 11) is 0. The maximum atomic E-state index is 11.8. The van der Waals surface area contributed by atoms with Gasteiger partial charge in [-0.15, -0.1) is 0 Å². The number of aromatic nitrogens is 5. The van der Waals surface area contributed by atoms with E-state index < -0.39 is 11.2 Å². The quantitative estimate of drug-likeness (QED) is 0.257. The molecule has 198 valence electrons. The minimum atomic E-state index is -0.534. The molecule has 3 aromatic rings. The zero-order chi connectivity index (χ0) is 27.4. The van der Waals surface area contributed by atoms with Gasteiger partial charge < -0.3 is 13.9 Å². The number of nitrogens with zero attached hydrogens (tertiary/aromatic N) is 5. The molecule has 36 heavy (non-hydrogen) atoms. The Balaban J connectivity index is 0.000000261. The predicted octanol–water partition coefficient (Wildman–Crippen LogP) is 5.63. The van der Waals surface area contributed by atoms with E-state index in [9.17, 15) is 9.59 Å². The lowest BCUT2D eigenvalue weighted by Crippen LogP contribution is -2.27. The Bertz CT molecular complexity index is 1210. The fourth-order valence-electron chi connectivity index (χ4n) is 2.79. The number of carbonyl (C=O) groups is 2. The molecular weight excluding hydrogens is 624 g/mol. The Labute approximate surface area is 233 Å². The normalized spacial score (nSPS) is 11.6. The van der Waals surface area contributed by atoms with Crippen molar-refractivity contribution in [3.8, 4) is 11.6 Å². The molecule has 0 amide bonds. The number of carbonyl (C=O) groups excluding carboxylic acids is 2. The third-order valence-corrected chi connectivity index (χ3v) is 6.24. The van der Waals surface area contributed by atoms with Crippen LogP contribution in [0.3, 0.4) is 0 Å². The van der Waals surface area contributed by atoms with Crippen molar-refractivity contribution in [3.05, 3.63) is 37.6 Å². The van der Waals surface area contributed by atoms with Crippen LogP contribution < -0.4 is 0 Å². The lowest BCUT2D eigenvalue weighted by molar-refractivity contribution is -0.157. The fourth-order valence-corrected chi connectivity index (χ4v) is 3.79. The second-order valence-electron chi connectivity index (χ2n) is 9.76. The van der Waals surface area contributed by atoms with Gasteiger partial charge in [0.2, 0.25) is 5.89 Å². The Morgan fingerprint density at radius 2 is 1.39 bits per heavy atom. The van der Waals surface area contributed by atoms with Crippen LogP contribution in [-0.2, 0) is 32.2 Å². The Morgan fingerprint density at radius 1 is 0.917 bits per heavy atom. The highest BCUT2D eigenvalue weighted by molar-refractivity contribution is 14.1. The van der Waals surface area contributed by atoms with E-state index in [2.05, 4.69) is 15.2 Å². The smallest absolute Gasteiger partial charge is 0.328 e. The van der Waals surface area contributed by atoms with Gasteiger partial charge in [-0.1, -0.05) is 23.2 Å². The summed E-state index contributed by atoms with van der Waals surface area (Å²) < 4.78 is 19.4.